The second kappa shape index (κ2) is 8.97. The number of aromatic nitrogens is 1. The quantitative estimate of drug-likeness (QED) is 0.387. The zero-order valence-electron chi connectivity index (χ0n) is 18.6. The van der Waals surface area contributed by atoms with E-state index in [0.29, 0.717) is 35.8 Å². The van der Waals surface area contributed by atoms with E-state index in [1.165, 1.54) is 6.07 Å². The molecule has 34 heavy (non-hydrogen) atoms. The molecule has 0 bridgehead atoms. The van der Waals surface area contributed by atoms with Gasteiger partial charge in [-0.05, 0) is 42.7 Å². The van der Waals surface area contributed by atoms with E-state index in [4.69, 9.17) is 13.9 Å². The number of fused-ring (bicyclic) bond motifs is 2. The molecule has 0 radical (unpaired) electrons. The lowest BCUT2D eigenvalue weighted by Crippen LogP contribution is -2.28. The molecule has 2 aromatic carbocycles. The van der Waals surface area contributed by atoms with Gasteiger partial charge in [-0.1, -0.05) is 24.3 Å². The first kappa shape index (κ1) is 21.6. The average molecular weight is 460 g/mol. The lowest BCUT2D eigenvalue weighted by molar-refractivity contribution is -0.121. The van der Waals surface area contributed by atoms with Crippen molar-refractivity contribution in [3.63, 3.8) is 0 Å². The number of aryl methyl sites for hydroxylation is 1. The summed E-state index contributed by atoms with van der Waals surface area (Å²) in [5.41, 5.74) is 2.17. The first-order chi connectivity index (χ1) is 16.5. The third-order valence-electron chi connectivity index (χ3n) is 6.02. The molecule has 1 aliphatic heterocycles. The number of hydrogen-bond acceptors (Lipinski definition) is 6. The minimum atomic E-state index is -0.723. The van der Waals surface area contributed by atoms with Crippen LogP contribution in [0.2, 0.25) is 0 Å². The van der Waals surface area contributed by atoms with Crippen molar-refractivity contribution in [2.45, 2.75) is 25.7 Å². The van der Waals surface area contributed by atoms with Crippen LogP contribution in [0.3, 0.4) is 0 Å². The van der Waals surface area contributed by atoms with Gasteiger partial charge in [0, 0.05) is 42.0 Å². The van der Waals surface area contributed by atoms with Crippen molar-refractivity contribution in [3.05, 3.63) is 87.6 Å². The molecule has 3 heterocycles. The number of amides is 1. The third-order valence-corrected chi connectivity index (χ3v) is 6.02. The fourth-order valence-corrected chi connectivity index (χ4v) is 4.38. The summed E-state index contributed by atoms with van der Waals surface area (Å²) in [7, 11) is 0. The van der Waals surface area contributed by atoms with Gasteiger partial charge in [-0.2, -0.15) is 0 Å². The van der Waals surface area contributed by atoms with Crippen molar-refractivity contribution >= 4 is 16.8 Å². The van der Waals surface area contributed by atoms with Crippen molar-refractivity contribution in [2.24, 2.45) is 0 Å². The highest BCUT2D eigenvalue weighted by Crippen LogP contribution is 2.38. The van der Waals surface area contributed by atoms with Crippen molar-refractivity contribution in [1.29, 1.82) is 0 Å². The highest BCUT2D eigenvalue weighted by molar-refractivity contribution is 5.83. The number of ether oxygens (including phenoxy) is 2. The molecule has 8 heteroatoms. The number of benzene rings is 2. The number of aromatic amines is 1. The number of para-hydroxylation sites is 1. The molecule has 1 atom stereocenters. The van der Waals surface area contributed by atoms with E-state index >= 15 is 0 Å². The summed E-state index contributed by atoms with van der Waals surface area (Å²) >= 11 is 0. The average Bonchev–Trinajstić information content (AvgIpc) is 3.44. The second-order valence-corrected chi connectivity index (χ2v) is 8.27. The van der Waals surface area contributed by atoms with Gasteiger partial charge >= 0.3 is 5.63 Å². The number of H-pyrrole nitrogens is 1. The predicted octanol–water partition coefficient (Wildman–Crippen LogP) is 3.74. The fourth-order valence-electron chi connectivity index (χ4n) is 4.38. The zero-order valence-corrected chi connectivity index (χ0v) is 18.6. The summed E-state index contributed by atoms with van der Waals surface area (Å²) in [4.78, 5) is 28.8. The third kappa shape index (κ3) is 4.22. The van der Waals surface area contributed by atoms with Crippen LogP contribution in [-0.2, 0) is 11.2 Å². The molecule has 0 spiro atoms. The first-order valence-electron chi connectivity index (χ1n) is 11.0. The van der Waals surface area contributed by atoms with Crippen molar-refractivity contribution in [1.82, 2.24) is 10.3 Å². The van der Waals surface area contributed by atoms with Crippen LogP contribution in [-0.4, -0.2) is 29.3 Å². The van der Waals surface area contributed by atoms with Gasteiger partial charge in [-0.3, -0.25) is 4.79 Å². The van der Waals surface area contributed by atoms with Gasteiger partial charge < -0.3 is 29.3 Å². The molecule has 0 fully saturated rings. The largest absolute Gasteiger partial charge is 0.507 e. The number of rotatable bonds is 7. The van der Waals surface area contributed by atoms with Crippen LogP contribution in [0.25, 0.3) is 10.9 Å². The Morgan fingerprint density at radius 3 is 2.82 bits per heavy atom. The lowest BCUT2D eigenvalue weighted by Gasteiger charge is -2.18. The monoisotopic (exact) mass is 460 g/mol. The number of hydrogen-bond donors (Lipinski definition) is 3. The summed E-state index contributed by atoms with van der Waals surface area (Å²) in [6.07, 6.45) is 2.55. The maximum atomic E-state index is 12.9. The molecule has 0 saturated carbocycles. The van der Waals surface area contributed by atoms with E-state index < -0.39 is 11.5 Å². The topological polar surface area (TPSA) is 114 Å². The predicted molar refractivity (Wildman–Crippen MR) is 125 cm³/mol. The van der Waals surface area contributed by atoms with Crippen LogP contribution in [0, 0.1) is 6.92 Å². The SMILES string of the molecule is Cc1cc(O)c([C@@H](CC(=O)NCCc2c[nH]c3ccccc23)c2ccc3c(c2)OCO3)c(=O)o1. The fraction of sp³-hybridized carbons (Fsp3) is 0.231. The Kier molecular flexibility index (Phi) is 5.71. The molecule has 2 aromatic heterocycles. The van der Waals surface area contributed by atoms with Crippen LogP contribution in [0.1, 0.15) is 34.8 Å². The summed E-state index contributed by atoms with van der Waals surface area (Å²) < 4.78 is 16.1. The molecule has 3 N–H and O–H groups in total. The molecular weight excluding hydrogens is 436 g/mol. The Morgan fingerprint density at radius 1 is 1.15 bits per heavy atom. The standard InChI is InChI=1S/C26H24N2O6/c1-15-10-21(29)25(26(31)34-15)19(16-6-7-22-23(11-16)33-14-32-22)12-24(30)27-9-8-17-13-28-20-5-3-2-4-18(17)20/h2-7,10-11,13,19,28-29H,8-9,12,14H2,1H3,(H,27,30)/t19-/m0/s1. The number of nitrogens with one attached hydrogen (secondary N) is 2. The van der Waals surface area contributed by atoms with E-state index in [0.717, 1.165) is 16.5 Å². The van der Waals surface area contributed by atoms with E-state index in [2.05, 4.69) is 10.3 Å². The maximum Gasteiger partial charge on any atom is 0.343 e. The molecule has 174 valence electrons. The molecule has 8 nitrogen and oxygen atoms in total. The molecular formula is C26H24N2O6. The molecule has 1 amide bonds. The summed E-state index contributed by atoms with van der Waals surface area (Å²) in [6, 6.07) is 14.6. The minimum absolute atomic E-state index is 0.0382. The Hall–Kier alpha value is -4.20. The second-order valence-electron chi connectivity index (χ2n) is 8.27. The summed E-state index contributed by atoms with van der Waals surface area (Å²) in [5.74, 6) is 0.229. The van der Waals surface area contributed by atoms with E-state index in [1.54, 1.807) is 25.1 Å². The van der Waals surface area contributed by atoms with Crippen molar-refractivity contribution in [2.75, 3.05) is 13.3 Å². The molecule has 0 saturated heterocycles. The Balaban J connectivity index is 1.36. The van der Waals surface area contributed by atoms with Gasteiger partial charge in [-0.15, -0.1) is 0 Å². The van der Waals surface area contributed by atoms with Crippen LogP contribution >= 0.6 is 0 Å². The van der Waals surface area contributed by atoms with Gasteiger partial charge in [0.2, 0.25) is 12.7 Å². The first-order valence-corrected chi connectivity index (χ1v) is 11.0. The Labute approximate surface area is 195 Å². The molecule has 1 aliphatic rings. The molecule has 5 rings (SSSR count). The minimum Gasteiger partial charge on any atom is -0.507 e. The van der Waals surface area contributed by atoms with Gasteiger partial charge in [0.25, 0.3) is 0 Å². The highest BCUT2D eigenvalue weighted by atomic mass is 16.7. The number of carbonyl (C=O) groups excluding carboxylic acids is 1. The van der Waals surface area contributed by atoms with E-state index in [1.807, 2.05) is 30.5 Å². The van der Waals surface area contributed by atoms with Gasteiger partial charge in [0.15, 0.2) is 11.5 Å². The Bertz CT molecular complexity index is 1420. The lowest BCUT2D eigenvalue weighted by atomic mass is 9.88. The van der Waals surface area contributed by atoms with Crippen LogP contribution < -0.4 is 20.4 Å². The molecule has 0 unspecified atom stereocenters. The van der Waals surface area contributed by atoms with Gasteiger partial charge in [0.1, 0.15) is 11.5 Å². The molecule has 4 aromatic rings. The van der Waals surface area contributed by atoms with Crippen LogP contribution in [0.5, 0.6) is 17.2 Å². The van der Waals surface area contributed by atoms with E-state index in [-0.39, 0.29) is 30.4 Å². The summed E-state index contributed by atoms with van der Waals surface area (Å²) in [5, 5.41) is 14.6. The summed E-state index contributed by atoms with van der Waals surface area (Å²) in [6.45, 7) is 2.12. The van der Waals surface area contributed by atoms with Crippen molar-refractivity contribution < 1.29 is 23.8 Å². The molecule has 0 aliphatic carbocycles. The maximum absolute atomic E-state index is 12.9. The normalized spacial score (nSPS) is 13.2. The van der Waals surface area contributed by atoms with Crippen LogP contribution in [0.4, 0.5) is 0 Å². The zero-order chi connectivity index (χ0) is 23.7. The van der Waals surface area contributed by atoms with Gasteiger partial charge in [0.05, 0.1) is 5.56 Å². The number of carbonyl (C=O) groups is 1. The Morgan fingerprint density at radius 2 is 1.97 bits per heavy atom. The highest BCUT2D eigenvalue weighted by Gasteiger charge is 2.27. The van der Waals surface area contributed by atoms with Gasteiger partial charge in [-0.25, -0.2) is 4.79 Å². The number of aromatic hydroxyl groups is 1. The van der Waals surface area contributed by atoms with Crippen LogP contribution in [0.15, 0.2) is 63.9 Å². The van der Waals surface area contributed by atoms with E-state index in [9.17, 15) is 14.7 Å². The smallest absolute Gasteiger partial charge is 0.343 e. The van der Waals surface area contributed by atoms with Crippen molar-refractivity contribution in [3.8, 4) is 17.2 Å².